The molecule has 0 aromatic heterocycles. The third kappa shape index (κ3) is 24.5. The Hall–Kier alpha value is 1.09. The molecular formula is C12H29NaO4SSi. The van der Waals surface area contributed by atoms with Gasteiger partial charge in [0.05, 0.1) is 6.61 Å². The monoisotopic (exact) mass is 320 g/mol. The third-order valence-electron chi connectivity index (χ3n) is 2.73. The molecule has 7 heteroatoms. The number of rotatable bonds is 12. The second-order valence-electron chi connectivity index (χ2n) is 4.41. The van der Waals surface area contributed by atoms with Crippen molar-refractivity contribution in [1.82, 2.24) is 0 Å². The van der Waals surface area contributed by atoms with Crippen molar-refractivity contribution in [3.8, 4) is 0 Å². The van der Waals surface area contributed by atoms with E-state index in [1.807, 2.05) is 0 Å². The van der Waals surface area contributed by atoms with Gasteiger partial charge in [-0.3, -0.25) is 4.18 Å². The Bertz CT molecular complexity index is 260. The Morgan fingerprint density at radius 2 is 1.21 bits per heavy atom. The molecule has 0 spiro atoms. The largest absolute Gasteiger partial charge is 1.00 e. The molecule has 0 aromatic carbocycles. The molecule has 0 fully saturated rings. The van der Waals surface area contributed by atoms with Crippen molar-refractivity contribution in [2.75, 3.05) is 6.61 Å². The molecule has 0 aliphatic rings. The summed E-state index contributed by atoms with van der Waals surface area (Å²) in [5.41, 5.74) is 0. The van der Waals surface area contributed by atoms with E-state index >= 15 is 0 Å². The van der Waals surface area contributed by atoms with E-state index in [4.69, 9.17) is 0 Å². The van der Waals surface area contributed by atoms with Crippen molar-refractivity contribution in [3.63, 3.8) is 0 Å². The fraction of sp³-hybridized carbons (Fsp3) is 1.00. The van der Waals surface area contributed by atoms with Crippen molar-refractivity contribution < 1.29 is 46.7 Å². The minimum absolute atomic E-state index is 0. The number of hydrogen-bond acceptors (Lipinski definition) is 4. The van der Waals surface area contributed by atoms with Crippen LogP contribution in [-0.4, -0.2) is 30.5 Å². The quantitative estimate of drug-likeness (QED) is 0.199. The Labute approximate surface area is 145 Å². The molecule has 0 aliphatic carbocycles. The van der Waals surface area contributed by atoms with Crippen LogP contribution in [0, 0.1) is 0 Å². The van der Waals surface area contributed by atoms with Crippen LogP contribution in [0.5, 0.6) is 0 Å². The molecule has 0 saturated carbocycles. The standard InChI is InChI=1S/C12H26O4S.Na.H4Si/c1-2-3-4-5-6-7-8-9-10-11-12-16-17(13,14)15;;/h2-12H2,1H3,(H,13,14,15);;1H4/q;+1;/p-1. The van der Waals surface area contributed by atoms with Gasteiger partial charge in [-0.1, -0.05) is 64.7 Å². The zero-order valence-electron chi connectivity index (χ0n) is 11.8. The minimum Gasteiger partial charge on any atom is -0.726 e. The Morgan fingerprint density at radius 3 is 1.58 bits per heavy atom. The molecule has 0 heterocycles. The summed E-state index contributed by atoms with van der Waals surface area (Å²) in [5.74, 6) is 0. The van der Waals surface area contributed by atoms with Crippen LogP contribution in [0.2, 0.25) is 0 Å². The Balaban J connectivity index is -0.00000128. The van der Waals surface area contributed by atoms with E-state index in [9.17, 15) is 13.0 Å². The third-order valence-corrected chi connectivity index (χ3v) is 3.18. The average molecular weight is 321 g/mol. The molecule has 0 aliphatic heterocycles. The molecule has 0 atom stereocenters. The summed E-state index contributed by atoms with van der Waals surface area (Å²) >= 11 is 0. The van der Waals surface area contributed by atoms with Crippen LogP contribution in [0.25, 0.3) is 0 Å². The van der Waals surface area contributed by atoms with Crippen molar-refractivity contribution in [2.45, 2.75) is 71.1 Å². The zero-order chi connectivity index (χ0) is 13.0. The molecule has 0 N–H and O–H groups in total. The Kier molecular flexibility index (Phi) is 22.6. The summed E-state index contributed by atoms with van der Waals surface area (Å²) in [6.45, 7) is 2.24. The maximum Gasteiger partial charge on any atom is 1.00 e. The molecule has 0 aromatic rings. The van der Waals surface area contributed by atoms with Crippen molar-refractivity contribution in [3.05, 3.63) is 0 Å². The molecule has 0 saturated heterocycles. The van der Waals surface area contributed by atoms with Gasteiger partial charge in [0.25, 0.3) is 0 Å². The van der Waals surface area contributed by atoms with E-state index in [1.54, 1.807) is 0 Å². The predicted molar refractivity (Wildman–Crippen MR) is 78.8 cm³/mol. The van der Waals surface area contributed by atoms with E-state index in [-0.39, 0.29) is 47.1 Å². The van der Waals surface area contributed by atoms with Gasteiger partial charge in [0.15, 0.2) is 0 Å². The van der Waals surface area contributed by atoms with Gasteiger partial charge in [-0.2, -0.15) is 0 Å². The first kappa shape index (κ1) is 25.1. The maximum atomic E-state index is 10.1. The summed E-state index contributed by atoms with van der Waals surface area (Å²) in [7, 11) is -4.48. The van der Waals surface area contributed by atoms with E-state index < -0.39 is 10.4 Å². The normalized spacial score (nSPS) is 10.6. The van der Waals surface area contributed by atoms with E-state index in [0.717, 1.165) is 12.8 Å². The van der Waals surface area contributed by atoms with Gasteiger partial charge in [-0.25, -0.2) is 8.42 Å². The molecule has 0 bridgehead atoms. The second-order valence-corrected chi connectivity index (χ2v) is 5.46. The zero-order valence-corrected chi connectivity index (χ0v) is 14.6. The first-order valence-corrected chi connectivity index (χ1v) is 8.00. The van der Waals surface area contributed by atoms with Gasteiger partial charge >= 0.3 is 29.6 Å². The first-order valence-electron chi connectivity index (χ1n) is 6.66. The average Bonchev–Trinajstić information content (AvgIpc) is 2.24. The molecule has 0 unspecified atom stereocenters. The fourth-order valence-electron chi connectivity index (χ4n) is 1.75. The van der Waals surface area contributed by atoms with Crippen LogP contribution in [0.15, 0.2) is 0 Å². The van der Waals surface area contributed by atoms with Crippen LogP contribution in [0.1, 0.15) is 71.1 Å². The molecule has 4 nitrogen and oxygen atoms in total. The van der Waals surface area contributed by atoms with Gasteiger partial charge in [-0.15, -0.1) is 0 Å². The Morgan fingerprint density at radius 1 is 0.842 bits per heavy atom. The second kappa shape index (κ2) is 17.1. The van der Waals surface area contributed by atoms with Gasteiger partial charge in [0.1, 0.15) is 0 Å². The molecule has 0 amide bonds. The van der Waals surface area contributed by atoms with Gasteiger partial charge < -0.3 is 4.55 Å². The molecule has 0 radical (unpaired) electrons. The van der Waals surface area contributed by atoms with Crippen LogP contribution >= 0.6 is 0 Å². The predicted octanol–water partition coefficient (Wildman–Crippen LogP) is -1.06. The maximum absolute atomic E-state index is 10.1. The first-order chi connectivity index (χ1) is 8.06. The summed E-state index contributed by atoms with van der Waals surface area (Å²) in [6.07, 6.45) is 11.7. The van der Waals surface area contributed by atoms with Crippen LogP contribution in [0.4, 0.5) is 0 Å². The van der Waals surface area contributed by atoms with Gasteiger partial charge in [-0.05, 0) is 17.4 Å². The van der Waals surface area contributed by atoms with E-state index in [0.29, 0.717) is 6.42 Å². The minimum atomic E-state index is -4.48. The summed E-state index contributed by atoms with van der Waals surface area (Å²) in [6, 6.07) is 0. The smallest absolute Gasteiger partial charge is 0.726 e. The van der Waals surface area contributed by atoms with Gasteiger partial charge in [0, 0.05) is 0 Å². The SMILES string of the molecule is CCCCCCCCCCCCOS(=O)(=O)[O-].[Na+].[SiH4]. The van der Waals surface area contributed by atoms with Crippen molar-refractivity contribution >= 4 is 21.4 Å². The topological polar surface area (TPSA) is 66.4 Å². The van der Waals surface area contributed by atoms with Gasteiger partial charge in [0.2, 0.25) is 10.4 Å². The van der Waals surface area contributed by atoms with E-state index in [1.165, 1.54) is 44.9 Å². The molecule has 19 heavy (non-hydrogen) atoms. The van der Waals surface area contributed by atoms with E-state index in [2.05, 4.69) is 11.1 Å². The fourth-order valence-corrected chi connectivity index (χ4v) is 2.07. The summed E-state index contributed by atoms with van der Waals surface area (Å²) in [4.78, 5) is 0. The van der Waals surface area contributed by atoms with Crippen LogP contribution < -0.4 is 29.6 Å². The van der Waals surface area contributed by atoms with Crippen molar-refractivity contribution in [2.24, 2.45) is 0 Å². The molecule has 112 valence electrons. The number of unbranched alkanes of at least 4 members (excludes halogenated alkanes) is 9. The summed E-state index contributed by atoms with van der Waals surface area (Å²) in [5, 5.41) is 0. The number of hydrogen-bond donors (Lipinski definition) is 0. The summed E-state index contributed by atoms with van der Waals surface area (Å²) < 4.78 is 34.5. The van der Waals surface area contributed by atoms with Crippen LogP contribution in [-0.2, 0) is 14.6 Å². The molecule has 0 rings (SSSR count). The molecular weight excluding hydrogens is 291 g/mol. The van der Waals surface area contributed by atoms with Crippen LogP contribution in [0.3, 0.4) is 0 Å². The van der Waals surface area contributed by atoms with Crippen molar-refractivity contribution in [1.29, 1.82) is 0 Å².